The van der Waals surface area contributed by atoms with Crippen molar-refractivity contribution in [1.29, 1.82) is 0 Å². The van der Waals surface area contributed by atoms with Crippen molar-refractivity contribution in [2.45, 2.75) is 70.5 Å². The first-order valence-corrected chi connectivity index (χ1v) is 10.9. The second-order valence-corrected chi connectivity index (χ2v) is 8.59. The Labute approximate surface area is 193 Å². The molecule has 0 unspecified atom stereocenters. The van der Waals surface area contributed by atoms with Gasteiger partial charge in [-0.15, -0.1) is 0 Å². The van der Waals surface area contributed by atoms with Crippen LogP contribution in [0.5, 0.6) is 0 Å². The number of benzene rings is 1. The van der Waals surface area contributed by atoms with E-state index in [2.05, 4.69) is 4.57 Å². The van der Waals surface area contributed by atoms with Crippen molar-refractivity contribution in [3.8, 4) is 0 Å². The van der Waals surface area contributed by atoms with Gasteiger partial charge in [0.1, 0.15) is 12.6 Å². The van der Waals surface area contributed by atoms with Gasteiger partial charge in [0.15, 0.2) is 6.20 Å². The summed E-state index contributed by atoms with van der Waals surface area (Å²) in [6.07, 6.45) is 9.37. The number of hydrogen-bond acceptors (Lipinski definition) is 0. The lowest BCUT2D eigenvalue weighted by molar-refractivity contribution is -0.644. The summed E-state index contributed by atoms with van der Waals surface area (Å²) < 4.78 is 43.9. The van der Waals surface area contributed by atoms with Gasteiger partial charge in [0.25, 0.3) is 0 Å². The van der Waals surface area contributed by atoms with Crippen molar-refractivity contribution in [2.24, 2.45) is 13.0 Å². The molecule has 2 nitrogen and oxygen atoms in total. The van der Waals surface area contributed by atoms with Gasteiger partial charge in [-0.1, -0.05) is 51.4 Å². The van der Waals surface area contributed by atoms with Gasteiger partial charge < -0.3 is 28.5 Å². The summed E-state index contributed by atoms with van der Waals surface area (Å²) in [5.74, 6) is 0.914. The Hall–Kier alpha value is -1.31. The largest absolute Gasteiger partial charge is 1.00 e. The number of rotatable bonds is 6. The summed E-state index contributed by atoms with van der Waals surface area (Å²) >= 11 is 0. The quantitative estimate of drug-likeness (QED) is 0.261. The fourth-order valence-electron chi connectivity index (χ4n) is 5.01. The molecule has 1 aliphatic carbocycles. The third-order valence-corrected chi connectivity index (χ3v) is 6.54. The fourth-order valence-corrected chi connectivity index (χ4v) is 5.01. The molecule has 1 aromatic carbocycles. The lowest BCUT2D eigenvalue weighted by Crippen LogP contribution is -3.00. The minimum atomic E-state index is -4.32. The van der Waals surface area contributed by atoms with Gasteiger partial charge in [0, 0.05) is 12.6 Å². The predicted molar refractivity (Wildman–Crippen MR) is 111 cm³/mol. The van der Waals surface area contributed by atoms with Gasteiger partial charge in [-0.2, -0.15) is 17.7 Å². The van der Waals surface area contributed by atoms with Crippen LogP contribution in [0.4, 0.5) is 13.2 Å². The van der Waals surface area contributed by atoms with E-state index < -0.39 is 11.7 Å². The number of aryl methyl sites for hydroxylation is 2. The summed E-state index contributed by atoms with van der Waals surface area (Å²) in [4.78, 5) is 0. The van der Waals surface area contributed by atoms with Crippen LogP contribution < -0.4 is 28.5 Å². The monoisotopic (exact) mass is 530 g/mol. The smallest absolute Gasteiger partial charge is 0.416 e. The van der Waals surface area contributed by atoms with Gasteiger partial charge in [-0.05, 0) is 36.6 Å². The van der Waals surface area contributed by atoms with Crippen LogP contribution in [0.25, 0.3) is 21.9 Å². The van der Waals surface area contributed by atoms with Crippen molar-refractivity contribution in [1.82, 2.24) is 4.57 Å². The molecule has 0 saturated heterocycles. The molecule has 3 aromatic rings. The molecule has 1 fully saturated rings. The first-order valence-electron chi connectivity index (χ1n) is 10.9. The van der Waals surface area contributed by atoms with Crippen molar-refractivity contribution in [3.05, 3.63) is 42.1 Å². The molecule has 0 N–H and O–H groups in total. The van der Waals surface area contributed by atoms with Crippen molar-refractivity contribution in [3.63, 3.8) is 0 Å². The zero-order valence-electron chi connectivity index (χ0n) is 17.5. The van der Waals surface area contributed by atoms with Crippen molar-refractivity contribution >= 4 is 21.9 Å². The van der Waals surface area contributed by atoms with Crippen molar-refractivity contribution in [2.75, 3.05) is 0 Å². The molecule has 30 heavy (non-hydrogen) atoms. The van der Waals surface area contributed by atoms with E-state index in [1.807, 2.05) is 29.9 Å². The number of aromatic nitrogens is 2. The van der Waals surface area contributed by atoms with Crippen molar-refractivity contribution < 1.29 is 41.7 Å². The number of halogens is 4. The highest BCUT2D eigenvalue weighted by atomic mass is 127. The molecular formula is C24H30F3IN2. The number of pyridine rings is 1. The number of alkyl halides is 3. The lowest BCUT2D eigenvalue weighted by Gasteiger charge is -2.21. The maximum atomic E-state index is 13.3. The van der Waals surface area contributed by atoms with Crippen LogP contribution in [0.1, 0.15) is 63.4 Å². The maximum Gasteiger partial charge on any atom is 0.416 e. The molecule has 0 radical (unpaired) electrons. The van der Waals surface area contributed by atoms with E-state index in [-0.39, 0.29) is 24.0 Å². The average molecular weight is 530 g/mol. The van der Waals surface area contributed by atoms with Gasteiger partial charge in [0.05, 0.1) is 16.5 Å². The molecule has 6 heteroatoms. The SMILES string of the molecule is C[n+]1cccc2c1c1cc(C(F)(F)F)ccc1n2CCCCCC1CCCCC1.[I-]. The van der Waals surface area contributed by atoms with Gasteiger partial charge in [-0.25, -0.2) is 0 Å². The highest BCUT2D eigenvalue weighted by molar-refractivity contribution is 6.04. The van der Waals surface area contributed by atoms with E-state index in [1.54, 1.807) is 6.07 Å². The summed E-state index contributed by atoms with van der Waals surface area (Å²) in [6, 6.07) is 8.13. The van der Waals surface area contributed by atoms with Gasteiger partial charge in [0.2, 0.25) is 5.52 Å². The lowest BCUT2D eigenvalue weighted by atomic mass is 9.85. The molecule has 0 spiro atoms. The number of hydrogen-bond donors (Lipinski definition) is 0. The van der Waals surface area contributed by atoms with E-state index >= 15 is 0 Å². The molecular weight excluding hydrogens is 500 g/mol. The summed E-state index contributed by atoms with van der Waals surface area (Å²) in [7, 11) is 1.90. The fraction of sp³-hybridized carbons (Fsp3) is 0.542. The number of unbranched alkanes of at least 4 members (excludes halogenated alkanes) is 2. The normalized spacial score (nSPS) is 15.6. The molecule has 0 bridgehead atoms. The van der Waals surface area contributed by atoms with E-state index in [9.17, 15) is 13.2 Å². The zero-order valence-corrected chi connectivity index (χ0v) is 19.7. The first-order chi connectivity index (χ1) is 13.9. The van der Waals surface area contributed by atoms with Gasteiger partial charge >= 0.3 is 6.18 Å². The molecule has 2 aromatic heterocycles. The minimum Gasteiger partial charge on any atom is -1.00 e. The Morgan fingerprint density at radius 1 is 1.00 bits per heavy atom. The van der Waals surface area contributed by atoms with E-state index in [0.717, 1.165) is 35.4 Å². The Morgan fingerprint density at radius 2 is 1.77 bits per heavy atom. The molecule has 1 aliphatic rings. The van der Waals surface area contributed by atoms with E-state index in [4.69, 9.17) is 0 Å². The van der Waals surface area contributed by atoms with Crippen LogP contribution in [-0.2, 0) is 19.8 Å². The second-order valence-electron chi connectivity index (χ2n) is 8.59. The van der Waals surface area contributed by atoms with Crippen LogP contribution >= 0.6 is 0 Å². The van der Waals surface area contributed by atoms with Gasteiger partial charge in [-0.3, -0.25) is 0 Å². The number of nitrogens with zero attached hydrogens (tertiary/aromatic N) is 2. The van der Waals surface area contributed by atoms with Crippen LogP contribution in [0.2, 0.25) is 0 Å². The number of fused-ring (bicyclic) bond motifs is 3. The zero-order chi connectivity index (χ0) is 20.4. The van der Waals surface area contributed by atoms with Crippen LogP contribution in [0, 0.1) is 5.92 Å². The average Bonchev–Trinajstić information content (AvgIpc) is 3.02. The Balaban J connectivity index is 0.00000256. The second kappa shape index (κ2) is 9.88. The third kappa shape index (κ3) is 4.94. The van der Waals surface area contributed by atoms with Crippen LogP contribution in [0.15, 0.2) is 36.5 Å². The summed E-state index contributed by atoms with van der Waals surface area (Å²) in [5, 5.41) is 0.681. The van der Waals surface area contributed by atoms with E-state index in [1.165, 1.54) is 63.5 Å². The summed E-state index contributed by atoms with van der Waals surface area (Å²) in [5.41, 5.74) is 2.19. The maximum absolute atomic E-state index is 13.3. The molecule has 0 amide bonds. The first kappa shape index (κ1) is 23.4. The standard InChI is InChI=1S/C24H30F3N2.HI/c1-28-15-8-12-22-23(28)20-17-19(24(25,26)27)13-14-21(20)29(22)16-7-3-6-11-18-9-4-2-5-10-18;/h8,12-15,17-18H,2-7,9-11,16H2,1H3;1H/q+1;/p-1. The summed E-state index contributed by atoms with van der Waals surface area (Å²) in [6.45, 7) is 0.847. The molecule has 4 rings (SSSR count). The van der Waals surface area contributed by atoms with Crippen LogP contribution in [0.3, 0.4) is 0 Å². The minimum absolute atomic E-state index is 0. The molecule has 0 aliphatic heterocycles. The van der Waals surface area contributed by atoms with Crippen LogP contribution in [-0.4, -0.2) is 4.57 Å². The van der Waals surface area contributed by atoms with E-state index in [0.29, 0.717) is 5.39 Å². The predicted octanol–water partition coefficient (Wildman–Crippen LogP) is 3.78. The Kier molecular flexibility index (Phi) is 7.69. The topological polar surface area (TPSA) is 8.81 Å². The molecule has 164 valence electrons. The Morgan fingerprint density at radius 3 is 2.50 bits per heavy atom. The highest BCUT2D eigenvalue weighted by Crippen LogP contribution is 2.35. The molecule has 2 heterocycles. The third-order valence-electron chi connectivity index (χ3n) is 6.54. The highest BCUT2D eigenvalue weighted by Gasteiger charge is 2.32. The molecule has 0 atom stereocenters. The Bertz CT molecular complexity index is 987. The molecule has 1 saturated carbocycles.